The number of cyclic esters (lactones) is 1. The number of benzene rings is 3. The summed E-state index contributed by atoms with van der Waals surface area (Å²) in [5.41, 5.74) is 6.31. The van der Waals surface area contributed by atoms with E-state index in [2.05, 4.69) is 17.1 Å². The zero-order chi connectivity index (χ0) is 16.8. The van der Waals surface area contributed by atoms with Crippen LogP contribution >= 0.6 is 0 Å². The molecule has 3 heteroatoms. The van der Waals surface area contributed by atoms with Crippen molar-refractivity contribution in [2.75, 3.05) is 0 Å². The molecule has 0 radical (unpaired) electrons. The van der Waals surface area contributed by atoms with Crippen LogP contribution in [0.4, 0.5) is 0 Å². The molecule has 0 aromatic heterocycles. The van der Waals surface area contributed by atoms with Gasteiger partial charge in [0.05, 0.1) is 0 Å². The number of esters is 1. The second-order valence-electron chi connectivity index (χ2n) is 5.99. The number of fused-ring (bicyclic) bond motifs is 3. The highest BCUT2D eigenvalue weighted by atomic mass is 16.6. The van der Waals surface area contributed by atoms with Gasteiger partial charge in [0.1, 0.15) is 0 Å². The quantitative estimate of drug-likeness (QED) is 0.384. The lowest BCUT2D eigenvalue weighted by molar-refractivity contribution is -0.129. The monoisotopic (exact) mass is 323 g/mol. The molecule has 25 heavy (non-hydrogen) atoms. The zero-order valence-corrected chi connectivity index (χ0v) is 13.3. The molecule has 3 aromatic carbocycles. The lowest BCUT2D eigenvalue weighted by Gasteiger charge is -2.03. The summed E-state index contributed by atoms with van der Waals surface area (Å²) in [6.45, 7) is 0. The second-order valence-corrected chi connectivity index (χ2v) is 5.99. The Morgan fingerprint density at radius 2 is 1.16 bits per heavy atom. The molecule has 2 aliphatic rings. The maximum Gasteiger partial charge on any atom is 0.364 e. The Morgan fingerprint density at radius 1 is 0.640 bits per heavy atom. The van der Waals surface area contributed by atoms with E-state index in [4.69, 9.17) is 4.74 Å². The first-order valence-electron chi connectivity index (χ1n) is 8.12. The molecule has 0 atom stereocenters. The van der Waals surface area contributed by atoms with E-state index >= 15 is 0 Å². The van der Waals surface area contributed by atoms with Gasteiger partial charge in [0.25, 0.3) is 0 Å². The van der Waals surface area contributed by atoms with Crippen LogP contribution in [0.3, 0.4) is 0 Å². The first kappa shape index (κ1) is 13.9. The number of nitrogens with zero attached hydrogens (tertiary/aromatic N) is 1. The molecule has 118 valence electrons. The summed E-state index contributed by atoms with van der Waals surface area (Å²) in [5, 5.41) is 0. The van der Waals surface area contributed by atoms with Crippen molar-refractivity contribution in [2.24, 2.45) is 4.99 Å². The van der Waals surface area contributed by atoms with Gasteiger partial charge in [0.2, 0.25) is 5.90 Å². The van der Waals surface area contributed by atoms with Crippen LogP contribution in [0, 0.1) is 0 Å². The minimum Gasteiger partial charge on any atom is -0.402 e. The van der Waals surface area contributed by atoms with E-state index in [9.17, 15) is 4.79 Å². The minimum absolute atomic E-state index is 0.356. The molecule has 0 saturated heterocycles. The summed E-state index contributed by atoms with van der Waals surface area (Å²) in [7, 11) is 0. The molecule has 0 amide bonds. The van der Waals surface area contributed by atoms with Crippen molar-refractivity contribution in [2.45, 2.75) is 0 Å². The average Bonchev–Trinajstić information content (AvgIpc) is 3.20. The van der Waals surface area contributed by atoms with E-state index < -0.39 is 5.97 Å². The van der Waals surface area contributed by atoms with Crippen LogP contribution in [0.2, 0.25) is 0 Å². The maximum atomic E-state index is 12.6. The lowest BCUT2D eigenvalue weighted by atomic mass is 10.0. The molecule has 0 fully saturated rings. The Morgan fingerprint density at radius 3 is 1.76 bits per heavy atom. The third-order valence-electron chi connectivity index (χ3n) is 4.54. The first-order chi connectivity index (χ1) is 12.3. The number of aliphatic imine (C=N–C) groups is 1. The van der Waals surface area contributed by atoms with E-state index in [1.165, 1.54) is 0 Å². The normalized spacial score (nSPS) is 14.9. The molecule has 0 N–H and O–H groups in total. The average molecular weight is 323 g/mol. The third kappa shape index (κ3) is 2.06. The summed E-state index contributed by atoms with van der Waals surface area (Å²) in [6.07, 6.45) is 0. The molecule has 3 aromatic rings. The summed E-state index contributed by atoms with van der Waals surface area (Å²) in [5.74, 6) is -0.0460. The Bertz CT molecular complexity index is 1030. The fourth-order valence-electron chi connectivity index (χ4n) is 3.44. The number of carbonyl (C=O) groups is 1. The topological polar surface area (TPSA) is 38.7 Å². The number of ether oxygens (including phenoxy) is 1. The van der Waals surface area contributed by atoms with Gasteiger partial charge in [0, 0.05) is 11.1 Å². The van der Waals surface area contributed by atoms with E-state index in [0.29, 0.717) is 11.6 Å². The molecular weight excluding hydrogens is 310 g/mol. The fraction of sp³-hybridized carbons (Fsp3) is 0. The molecule has 1 aliphatic carbocycles. The van der Waals surface area contributed by atoms with Gasteiger partial charge >= 0.3 is 5.97 Å². The van der Waals surface area contributed by atoms with Crippen molar-refractivity contribution in [3.05, 3.63) is 101 Å². The molecule has 0 bridgehead atoms. The Hall–Kier alpha value is -3.46. The Balaban J connectivity index is 1.77. The van der Waals surface area contributed by atoms with Crippen LogP contribution in [-0.4, -0.2) is 11.9 Å². The predicted molar refractivity (Wildman–Crippen MR) is 97.0 cm³/mol. The van der Waals surface area contributed by atoms with Crippen LogP contribution < -0.4 is 0 Å². The van der Waals surface area contributed by atoms with Gasteiger partial charge in [0.15, 0.2) is 5.70 Å². The molecule has 0 spiro atoms. The van der Waals surface area contributed by atoms with E-state index in [1.54, 1.807) is 0 Å². The maximum absolute atomic E-state index is 12.6. The number of hydrogen-bond donors (Lipinski definition) is 0. The fourth-order valence-corrected chi connectivity index (χ4v) is 3.44. The van der Waals surface area contributed by atoms with Crippen LogP contribution in [0.5, 0.6) is 0 Å². The second kappa shape index (κ2) is 5.28. The van der Waals surface area contributed by atoms with Crippen molar-refractivity contribution in [1.29, 1.82) is 0 Å². The van der Waals surface area contributed by atoms with Gasteiger partial charge in [-0.25, -0.2) is 9.79 Å². The smallest absolute Gasteiger partial charge is 0.364 e. The van der Waals surface area contributed by atoms with E-state index in [-0.39, 0.29) is 0 Å². The Labute approximate surface area is 144 Å². The van der Waals surface area contributed by atoms with Gasteiger partial charge in [-0.2, -0.15) is 0 Å². The van der Waals surface area contributed by atoms with Gasteiger partial charge in [-0.05, 0) is 34.4 Å². The van der Waals surface area contributed by atoms with Crippen molar-refractivity contribution in [3.8, 4) is 11.1 Å². The third-order valence-corrected chi connectivity index (χ3v) is 4.54. The first-order valence-corrected chi connectivity index (χ1v) is 8.12. The highest BCUT2D eigenvalue weighted by Gasteiger charge is 2.33. The van der Waals surface area contributed by atoms with E-state index in [0.717, 1.165) is 33.4 Å². The van der Waals surface area contributed by atoms with Crippen LogP contribution in [-0.2, 0) is 9.53 Å². The van der Waals surface area contributed by atoms with Crippen molar-refractivity contribution >= 4 is 17.4 Å². The summed E-state index contributed by atoms with van der Waals surface area (Å²) >= 11 is 0. The van der Waals surface area contributed by atoms with Gasteiger partial charge in [-0.3, -0.25) is 0 Å². The highest BCUT2D eigenvalue weighted by Crippen LogP contribution is 2.46. The molecule has 1 aliphatic heterocycles. The highest BCUT2D eigenvalue weighted by molar-refractivity contribution is 6.18. The molecule has 1 heterocycles. The number of carbonyl (C=O) groups excluding carboxylic acids is 1. The molecule has 3 nitrogen and oxygen atoms in total. The van der Waals surface area contributed by atoms with Crippen LogP contribution in [0.15, 0.2) is 89.6 Å². The van der Waals surface area contributed by atoms with E-state index in [1.807, 2.05) is 66.7 Å². The summed E-state index contributed by atoms with van der Waals surface area (Å²) in [6, 6.07) is 25.7. The van der Waals surface area contributed by atoms with Crippen molar-refractivity contribution < 1.29 is 9.53 Å². The van der Waals surface area contributed by atoms with Crippen LogP contribution in [0.1, 0.15) is 16.7 Å². The molecule has 0 unspecified atom stereocenters. The summed E-state index contributed by atoms with van der Waals surface area (Å²) < 4.78 is 5.46. The van der Waals surface area contributed by atoms with Crippen molar-refractivity contribution in [1.82, 2.24) is 0 Å². The largest absolute Gasteiger partial charge is 0.402 e. The summed E-state index contributed by atoms with van der Waals surface area (Å²) in [4.78, 5) is 17.1. The SMILES string of the molecule is O=C1OC(c2ccccc2)=NC1=C1c2ccccc2-c2ccccc21. The van der Waals surface area contributed by atoms with Gasteiger partial charge in [-0.15, -0.1) is 0 Å². The Kier molecular flexibility index (Phi) is 2.94. The molecular formula is C22H13NO2. The van der Waals surface area contributed by atoms with Gasteiger partial charge < -0.3 is 4.74 Å². The van der Waals surface area contributed by atoms with Crippen molar-refractivity contribution in [3.63, 3.8) is 0 Å². The standard InChI is InChI=1S/C22H13NO2/c24-22-20(23-21(25-22)14-8-2-1-3-9-14)19-17-12-6-4-10-15(17)16-11-5-7-13-18(16)19/h1-13H. The molecule has 0 saturated carbocycles. The van der Waals surface area contributed by atoms with Gasteiger partial charge in [-0.1, -0.05) is 66.7 Å². The minimum atomic E-state index is -0.402. The lowest BCUT2D eigenvalue weighted by Crippen LogP contribution is -2.05. The zero-order valence-electron chi connectivity index (χ0n) is 13.3. The molecule has 5 rings (SSSR count). The number of rotatable bonds is 1. The van der Waals surface area contributed by atoms with Crippen LogP contribution in [0.25, 0.3) is 16.7 Å². The number of hydrogen-bond acceptors (Lipinski definition) is 3. The predicted octanol–water partition coefficient (Wildman–Crippen LogP) is 4.43.